The maximum absolute atomic E-state index is 12.0. The zero-order valence-corrected chi connectivity index (χ0v) is 17.5. The van der Waals surface area contributed by atoms with Gasteiger partial charge < -0.3 is 9.73 Å². The zero-order chi connectivity index (χ0) is 19.5. The first-order valence-electron chi connectivity index (χ1n) is 9.75. The first-order chi connectivity index (χ1) is 13.6. The summed E-state index contributed by atoms with van der Waals surface area (Å²) >= 11 is 2.85. The van der Waals surface area contributed by atoms with E-state index in [1.807, 2.05) is 0 Å². The summed E-state index contributed by atoms with van der Waals surface area (Å²) < 4.78 is 5.71. The smallest absolute Gasteiger partial charge is 0.321 e. The third kappa shape index (κ3) is 4.75. The highest BCUT2D eigenvalue weighted by Gasteiger charge is 2.22. The van der Waals surface area contributed by atoms with E-state index in [9.17, 15) is 9.59 Å². The summed E-state index contributed by atoms with van der Waals surface area (Å²) in [6.07, 6.45) is 7.64. The van der Waals surface area contributed by atoms with E-state index < -0.39 is 6.03 Å². The van der Waals surface area contributed by atoms with E-state index >= 15 is 0 Å². The molecular weight excluding hydrogens is 396 g/mol. The van der Waals surface area contributed by atoms with E-state index in [0.717, 1.165) is 55.2 Å². The summed E-state index contributed by atoms with van der Waals surface area (Å²) in [6.45, 7) is 2.28. The molecule has 28 heavy (non-hydrogen) atoms. The van der Waals surface area contributed by atoms with Crippen molar-refractivity contribution in [1.29, 1.82) is 0 Å². The van der Waals surface area contributed by atoms with E-state index in [1.54, 1.807) is 11.3 Å². The van der Waals surface area contributed by atoms with E-state index in [2.05, 4.69) is 33.8 Å². The van der Waals surface area contributed by atoms with Crippen molar-refractivity contribution in [3.63, 3.8) is 0 Å². The number of hydrogen-bond donors (Lipinski definition) is 2. The molecule has 0 saturated heterocycles. The lowest BCUT2D eigenvalue weighted by Gasteiger charge is -2.16. The van der Waals surface area contributed by atoms with Gasteiger partial charge in [0, 0.05) is 10.9 Å². The van der Waals surface area contributed by atoms with Gasteiger partial charge in [-0.1, -0.05) is 31.5 Å². The van der Waals surface area contributed by atoms with Gasteiger partial charge in [0.05, 0.1) is 10.6 Å². The van der Waals surface area contributed by atoms with E-state index in [1.165, 1.54) is 16.9 Å². The van der Waals surface area contributed by atoms with Gasteiger partial charge in [0.15, 0.2) is 0 Å². The topological polar surface area (TPSA) is 97.1 Å². The average molecular weight is 421 g/mol. The third-order valence-corrected chi connectivity index (χ3v) is 7.26. The van der Waals surface area contributed by atoms with Crippen LogP contribution in [-0.4, -0.2) is 33.9 Å². The van der Waals surface area contributed by atoms with Crippen LogP contribution in [0.2, 0.25) is 0 Å². The van der Waals surface area contributed by atoms with Gasteiger partial charge in [0.2, 0.25) is 5.91 Å². The number of rotatable bonds is 5. The third-order valence-electron chi connectivity index (χ3n) is 5.22. The number of nitrogens with zero attached hydrogens (tertiary/aromatic N) is 2. The van der Waals surface area contributed by atoms with Crippen molar-refractivity contribution in [2.24, 2.45) is 5.92 Å². The molecule has 0 bridgehead atoms. The van der Waals surface area contributed by atoms with E-state index in [-0.39, 0.29) is 17.7 Å². The van der Waals surface area contributed by atoms with Gasteiger partial charge in [-0.2, -0.15) is 0 Å². The Morgan fingerprint density at radius 2 is 2.11 bits per heavy atom. The number of imide groups is 1. The number of thioether (sulfide) groups is 1. The lowest BCUT2D eigenvalue weighted by molar-refractivity contribution is -0.117. The Labute approximate surface area is 172 Å². The molecule has 2 N–H and O–H groups in total. The number of amides is 3. The largest absolute Gasteiger partial charge is 0.410 e. The minimum absolute atomic E-state index is 0.0537. The molecule has 0 unspecified atom stereocenters. The van der Waals surface area contributed by atoms with Crippen LogP contribution in [0.1, 0.15) is 49.5 Å². The van der Waals surface area contributed by atoms with Crippen LogP contribution in [0.5, 0.6) is 0 Å². The van der Waals surface area contributed by atoms with Gasteiger partial charge in [0.1, 0.15) is 0 Å². The molecule has 4 rings (SSSR count). The minimum Gasteiger partial charge on any atom is -0.410 e. The number of carbonyl (C=O) groups excluding carboxylic acids is 2. The van der Waals surface area contributed by atoms with Gasteiger partial charge in [-0.3, -0.25) is 10.1 Å². The van der Waals surface area contributed by atoms with Gasteiger partial charge in [-0.25, -0.2) is 4.79 Å². The molecule has 9 heteroatoms. The number of urea groups is 1. The van der Waals surface area contributed by atoms with Crippen LogP contribution < -0.4 is 10.6 Å². The van der Waals surface area contributed by atoms with Crippen LogP contribution in [-0.2, 0) is 17.6 Å². The molecule has 150 valence electrons. The number of aryl methyl sites for hydroxylation is 1. The molecule has 0 aliphatic heterocycles. The fourth-order valence-electron chi connectivity index (χ4n) is 3.76. The zero-order valence-electron chi connectivity index (χ0n) is 15.8. The molecule has 1 fully saturated rings. The summed E-state index contributed by atoms with van der Waals surface area (Å²) in [5.41, 5.74) is 1.39. The molecular formula is C19H24N4O3S2. The molecule has 2 aromatic heterocycles. The molecule has 2 heterocycles. The maximum Gasteiger partial charge on any atom is 0.321 e. The summed E-state index contributed by atoms with van der Waals surface area (Å²) in [4.78, 5) is 26.2. The van der Waals surface area contributed by atoms with Crippen molar-refractivity contribution < 1.29 is 14.0 Å². The average Bonchev–Trinajstić information content (AvgIpc) is 3.39. The monoisotopic (exact) mass is 420 g/mol. The second kappa shape index (κ2) is 8.65. The number of hydrogen-bond acceptors (Lipinski definition) is 7. The van der Waals surface area contributed by atoms with E-state index in [0.29, 0.717) is 17.0 Å². The van der Waals surface area contributed by atoms with Crippen molar-refractivity contribution in [1.82, 2.24) is 20.8 Å². The Kier molecular flexibility index (Phi) is 6.01. The summed E-state index contributed by atoms with van der Waals surface area (Å²) in [5.74, 6) is 0.890. The number of nitrogens with one attached hydrogen (secondary N) is 2. The van der Waals surface area contributed by atoms with Crippen molar-refractivity contribution in [3.8, 4) is 10.8 Å². The Morgan fingerprint density at radius 3 is 2.93 bits per heavy atom. The maximum atomic E-state index is 12.0. The molecule has 1 saturated carbocycles. The molecule has 0 spiro atoms. The first-order valence-corrected chi connectivity index (χ1v) is 11.6. The fourth-order valence-corrected chi connectivity index (χ4v) is 5.45. The van der Waals surface area contributed by atoms with Crippen LogP contribution in [0.15, 0.2) is 15.7 Å². The lowest BCUT2D eigenvalue weighted by atomic mass is 9.90. The summed E-state index contributed by atoms with van der Waals surface area (Å²) in [6, 6.07) is 1.90. The second-order valence-electron chi connectivity index (χ2n) is 7.57. The second-order valence-corrected chi connectivity index (χ2v) is 9.64. The van der Waals surface area contributed by atoms with Crippen LogP contribution >= 0.6 is 23.1 Å². The Balaban J connectivity index is 1.28. The van der Waals surface area contributed by atoms with Crippen molar-refractivity contribution in [3.05, 3.63) is 16.5 Å². The number of thiophene rings is 1. The Hall–Kier alpha value is -1.87. The number of fused-ring (bicyclic) bond motifs is 1. The first kappa shape index (κ1) is 19.4. The minimum atomic E-state index is -0.429. The molecule has 0 radical (unpaired) electrons. The molecule has 7 nitrogen and oxygen atoms in total. The van der Waals surface area contributed by atoms with Crippen molar-refractivity contribution in [2.75, 3.05) is 5.75 Å². The predicted octanol–water partition coefficient (Wildman–Crippen LogP) is 3.78. The highest BCUT2D eigenvalue weighted by atomic mass is 32.2. The Bertz CT molecular complexity index is 857. The quantitative estimate of drug-likeness (QED) is 0.715. The van der Waals surface area contributed by atoms with E-state index in [4.69, 9.17) is 4.42 Å². The Morgan fingerprint density at radius 1 is 1.29 bits per heavy atom. The molecule has 2 aliphatic carbocycles. The van der Waals surface area contributed by atoms with Crippen LogP contribution in [0.3, 0.4) is 0 Å². The van der Waals surface area contributed by atoms with Crippen molar-refractivity contribution in [2.45, 2.75) is 63.1 Å². The number of aromatic nitrogens is 2. The highest BCUT2D eigenvalue weighted by molar-refractivity contribution is 7.99. The SMILES string of the molecule is C[C@@H]1CCc2sc(-c3nnc(SCC(=O)NC(=O)NC4CCCC4)o3)cc2C1. The lowest BCUT2D eigenvalue weighted by Crippen LogP contribution is -2.44. The molecule has 2 aromatic rings. The normalized spacial score (nSPS) is 19.4. The summed E-state index contributed by atoms with van der Waals surface area (Å²) in [7, 11) is 0. The molecule has 2 aliphatic rings. The standard InChI is InChI=1S/C19H24N4O3S2/c1-11-6-7-14-12(8-11)9-15(28-14)17-22-23-19(26-17)27-10-16(24)21-18(25)20-13-4-2-3-5-13/h9,11,13H,2-8,10H2,1H3,(H2,20,21,24,25)/t11-/m1/s1. The van der Waals surface area contributed by atoms with Crippen LogP contribution in [0.4, 0.5) is 4.79 Å². The van der Waals surface area contributed by atoms with Gasteiger partial charge >= 0.3 is 6.03 Å². The molecule has 0 aromatic carbocycles. The van der Waals surface area contributed by atoms with Crippen LogP contribution in [0, 0.1) is 5.92 Å². The predicted molar refractivity (Wildman–Crippen MR) is 108 cm³/mol. The van der Waals surface area contributed by atoms with Crippen molar-refractivity contribution >= 4 is 35.0 Å². The molecule has 3 amide bonds. The van der Waals surface area contributed by atoms with Crippen LogP contribution in [0.25, 0.3) is 10.8 Å². The van der Waals surface area contributed by atoms with Gasteiger partial charge in [0.25, 0.3) is 11.1 Å². The number of carbonyl (C=O) groups is 2. The molecule has 1 atom stereocenters. The summed E-state index contributed by atoms with van der Waals surface area (Å²) in [5, 5.41) is 13.7. The highest BCUT2D eigenvalue weighted by Crippen LogP contribution is 2.37. The fraction of sp³-hybridized carbons (Fsp3) is 0.579. The van der Waals surface area contributed by atoms with Gasteiger partial charge in [-0.05, 0) is 49.7 Å². The van der Waals surface area contributed by atoms with Gasteiger partial charge in [-0.15, -0.1) is 21.5 Å².